The molecule has 108 valence electrons. The lowest BCUT2D eigenvalue weighted by molar-refractivity contribution is 0.331. The van der Waals surface area contributed by atoms with Gasteiger partial charge >= 0.3 is 0 Å². The van der Waals surface area contributed by atoms with Crippen LogP contribution in [0.25, 0.3) is 0 Å². The molecule has 2 unspecified atom stereocenters. The highest BCUT2D eigenvalue weighted by molar-refractivity contribution is 5.30. The fourth-order valence-corrected chi connectivity index (χ4v) is 2.23. The van der Waals surface area contributed by atoms with Crippen LogP contribution in [0.15, 0.2) is 28.8 Å². The summed E-state index contributed by atoms with van der Waals surface area (Å²) in [6.45, 7) is 4.03. The van der Waals surface area contributed by atoms with Crippen molar-refractivity contribution in [2.45, 2.75) is 38.6 Å². The smallest absolute Gasteiger partial charge is 0.231 e. The third-order valence-electron chi connectivity index (χ3n) is 3.37. The second-order valence-electron chi connectivity index (χ2n) is 4.95. The molecule has 0 saturated heterocycles. The fourth-order valence-electron chi connectivity index (χ4n) is 2.23. The lowest BCUT2D eigenvalue weighted by Gasteiger charge is -2.13. The van der Waals surface area contributed by atoms with Crippen LogP contribution in [0, 0.1) is 0 Å². The zero-order chi connectivity index (χ0) is 14.5. The second kappa shape index (κ2) is 6.52. The van der Waals surface area contributed by atoms with E-state index in [-0.39, 0.29) is 12.0 Å². The number of nitrogens with two attached hydrogens (primary N) is 1. The molecule has 0 saturated carbocycles. The molecule has 1 aromatic heterocycles. The SMILES string of the molecule is CCC(c1nc(Cc2cccc(OC)c2)no1)C(C)N. The average Bonchev–Trinajstić information content (AvgIpc) is 2.87. The molecule has 0 aliphatic heterocycles. The number of ether oxygens (including phenoxy) is 1. The highest BCUT2D eigenvalue weighted by Gasteiger charge is 2.21. The van der Waals surface area contributed by atoms with E-state index in [0.717, 1.165) is 17.7 Å². The van der Waals surface area contributed by atoms with Crippen molar-refractivity contribution in [3.05, 3.63) is 41.5 Å². The molecular weight excluding hydrogens is 254 g/mol. The van der Waals surface area contributed by atoms with Crippen molar-refractivity contribution in [3.63, 3.8) is 0 Å². The Morgan fingerprint density at radius 1 is 1.40 bits per heavy atom. The molecule has 0 radical (unpaired) electrons. The number of hydrogen-bond acceptors (Lipinski definition) is 5. The molecule has 0 aliphatic carbocycles. The Morgan fingerprint density at radius 2 is 2.20 bits per heavy atom. The molecule has 0 fully saturated rings. The summed E-state index contributed by atoms with van der Waals surface area (Å²) < 4.78 is 10.5. The molecule has 5 nitrogen and oxygen atoms in total. The molecule has 20 heavy (non-hydrogen) atoms. The molecule has 1 aromatic carbocycles. The monoisotopic (exact) mass is 275 g/mol. The Hall–Kier alpha value is -1.88. The number of aromatic nitrogens is 2. The van der Waals surface area contributed by atoms with Crippen LogP contribution in [0.5, 0.6) is 5.75 Å². The van der Waals surface area contributed by atoms with Crippen LogP contribution < -0.4 is 10.5 Å². The van der Waals surface area contributed by atoms with E-state index in [2.05, 4.69) is 17.1 Å². The van der Waals surface area contributed by atoms with Crippen LogP contribution in [0.1, 0.15) is 43.5 Å². The maximum atomic E-state index is 5.93. The van der Waals surface area contributed by atoms with Crippen molar-refractivity contribution in [2.24, 2.45) is 5.73 Å². The van der Waals surface area contributed by atoms with Gasteiger partial charge in [0.2, 0.25) is 5.89 Å². The van der Waals surface area contributed by atoms with Crippen LogP contribution in [-0.4, -0.2) is 23.3 Å². The van der Waals surface area contributed by atoms with Crippen LogP contribution in [-0.2, 0) is 6.42 Å². The molecule has 2 atom stereocenters. The highest BCUT2D eigenvalue weighted by Crippen LogP contribution is 2.21. The fraction of sp³-hybridized carbons (Fsp3) is 0.467. The largest absolute Gasteiger partial charge is 0.497 e. The highest BCUT2D eigenvalue weighted by atomic mass is 16.5. The number of benzene rings is 1. The average molecular weight is 275 g/mol. The minimum Gasteiger partial charge on any atom is -0.497 e. The topological polar surface area (TPSA) is 74.2 Å². The van der Waals surface area contributed by atoms with Gasteiger partial charge in [0.15, 0.2) is 5.82 Å². The minimum absolute atomic E-state index is 0.00474. The van der Waals surface area contributed by atoms with Gasteiger partial charge in [-0.1, -0.05) is 24.2 Å². The zero-order valence-electron chi connectivity index (χ0n) is 12.2. The van der Waals surface area contributed by atoms with Crippen LogP contribution in [0.3, 0.4) is 0 Å². The van der Waals surface area contributed by atoms with Gasteiger partial charge < -0.3 is 15.0 Å². The van der Waals surface area contributed by atoms with Crippen molar-refractivity contribution < 1.29 is 9.26 Å². The van der Waals surface area contributed by atoms with Gasteiger partial charge in [-0.25, -0.2) is 0 Å². The van der Waals surface area contributed by atoms with E-state index in [1.54, 1.807) is 7.11 Å². The lowest BCUT2D eigenvalue weighted by atomic mass is 9.99. The third kappa shape index (κ3) is 3.36. The van der Waals surface area contributed by atoms with Crippen molar-refractivity contribution in [1.82, 2.24) is 10.1 Å². The molecule has 1 heterocycles. The van der Waals surface area contributed by atoms with E-state index < -0.39 is 0 Å². The molecule has 5 heteroatoms. The summed E-state index contributed by atoms with van der Waals surface area (Å²) in [7, 11) is 1.65. The van der Waals surface area contributed by atoms with E-state index in [4.69, 9.17) is 15.0 Å². The normalized spacial score (nSPS) is 14.0. The summed E-state index contributed by atoms with van der Waals surface area (Å²) in [5.74, 6) is 2.24. The second-order valence-corrected chi connectivity index (χ2v) is 4.95. The Morgan fingerprint density at radius 3 is 2.85 bits per heavy atom. The van der Waals surface area contributed by atoms with Gasteiger partial charge in [-0.3, -0.25) is 0 Å². The van der Waals surface area contributed by atoms with E-state index in [1.165, 1.54) is 0 Å². The van der Waals surface area contributed by atoms with Crippen LogP contribution >= 0.6 is 0 Å². The summed E-state index contributed by atoms with van der Waals surface area (Å²) in [5.41, 5.74) is 7.02. The Bertz CT molecular complexity index is 552. The van der Waals surface area contributed by atoms with Gasteiger partial charge in [-0.05, 0) is 31.0 Å². The molecule has 0 spiro atoms. The van der Waals surface area contributed by atoms with Gasteiger partial charge in [0.1, 0.15) is 5.75 Å². The van der Waals surface area contributed by atoms with Gasteiger partial charge in [0.05, 0.1) is 13.0 Å². The van der Waals surface area contributed by atoms with Crippen molar-refractivity contribution in [3.8, 4) is 5.75 Å². The summed E-state index contributed by atoms with van der Waals surface area (Å²) in [6, 6.07) is 7.85. The number of nitrogens with zero attached hydrogens (tertiary/aromatic N) is 2. The molecule has 0 aliphatic rings. The van der Waals surface area contributed by atoms with Crippen molar-refractivity contribution in [1.29, 1.82) is 0 Å². The van der Waals surface area contributed by atoms with E-state index in [1.807, 2.05) is 31.2 Å². The van der Waals surface area contributed by atoms with Gasteiger partial charge in [0, 0.05) is 12.5 Å². The lowest BCUT2D eigenvalue weighted by Crippen LogP contribution is -2.24. The molecule has 0 amide bonds. The van der Waals surface area contributed by atoms with Gasteiger partial charge in [-0.15, -0.1) is 0 Å². The predicted octanol–water partition coefficient (Wildman–Crippen LogP) is 2.51. The number of methoxy groups -OCH3 is 1. The molecule has 2 rings (SSSR count). The Labute approximate surface area is 119 Å². The van der Waals surface area contributed by atoms with Crippen LogP contribution in [0.4, 0.5) is 0 Å². The summed E-state index contributed by atoms with van der Waals surface area (Å²) >= 11 is 0. The maximum absolute atomic E-state index is 5.93. The van der Waals surface area contributed by atoms with E-state index in [0.29, 0.717) is 18.1 Å². The first-order valence-electron chi connectivity index (χ1n) is 6.85. The molecule has 2 aromatic rings. The quantitative estimate of drug-likeness (QED) is 0.876. The summed E-state index contributed by atoms with van der Waals surface area (Å²) in [6.07, 6.45) is 1.51. The zero-order valence-corrected chi connectivity index (χ0v) is 12.2. The first-order valence-corrected chi connectivity index (χ1v) is 6.85. The summed E-state index contributed by atoms with van der Waals surface area (Å²) in [4.78, 5) is 4.45. The van der Waals surface area contributed by atoms with E-state index in [9.17, 15) is 0 Å². The van der Waals surface area contributed by atoms with Crippen molar-refractivity contribution >= 4 is 0 Å². The van der Waals surface area contributed by atoms with Gasteiger partial charge in [-0.2, -0.15) is 4.98 Å². The first-order chi connectivity index (χ1) is 9.63. The number of rotatable bonds is 6. The molecule has 0 bridgehead atoms. The van der Waals surface area contributed by atoms with Gasteiger partial charge in [0.25, 0.3) is 0 Å². The first kappa shape index (κ1) is 14.5. The minimum atomic E-state index is 0.00474. The standard InChI is InChI=1S/C15H21N3O2/c1-4-13(10(2)16)15-17-14(18-20-15)9-11-6-5-7-12(8-11)19-3/h5-8,10,13H,4,9,16H2,1-3H3. The van der Waals surface area contributed by atoms with E-state index >= 15 is 0 Å². The predicted molar refractivity (Wildman–Crippen MR) is 76.8 cm³/mol. The summed E-state index contributed by atoms with van der Waals surface area (Å²) in [5, 5.41) is 4.04. The van der Waals surface area contributed by atoms with Crippen LogP contribution in [0.2, 0.25) is 0 Å². The molecular formula is C15H21N3O2. The third-order valence-corrected chi connectivity index (χ3v) is 3.37. The Balaban J connectivity index is 2.12. The Kier molecular flexibility index (Phi) is 4.74. The number of hydrogen-bond donors (Lipinski definition) is 1. The maximum Gasteiger partial charge on any atom is 0.231 e. The van der Waals surface area contributed by atoms with Crippen molar-refractivity contribution in [2.75, 3.05) is 7.11 Å². The molecule has 2 N–H and O–H groups in total.